The van der Waals surface area contributed by atoms with Gasteiger partial charge in [-0.05, 0) is 43.4 Å². The Kier molecular flexibility index (Phi) is 5.63. The number of amides is 1. The van der Waals surface area contributed by atoms with E-state index in [0.29, 0.717) is 5.69 Å². The number of hydrogen-bond acceptors (Lipinski definition) is 4. The van der Waals surface area contributed by atoms with Crippen molar-refractivity contribution < 1.29 is 22.4 Å². The summed E-state index contributed by atoms with van der Waals surface area (Å²) in [5, 5.41) is 11.4. The number of anilines is 2. The molecule has 0 aliphatic carbocycles. The number of carbonyl (C=O) groups is 1. The van der Waals surface area contributed by atoms with Gasteiger partial charge in [0.15, 0.2) is 10.8 Å². The van der Waals surface area contributed by atoms with Crippen LogP contribution in [0.2, 0.25) is 0 Å². The van der Waals surface area contributed by atoms with E-state index in [4.69, 9.17) is 17.5 Å². The quantitative estimate of drug-likeness (QED) is 0.586. The minimum Gasteiger partial charge on any atom is -0.355 e. The Morgan fingerprint density at radius 1 is 1.33 bits per heavy atom. The molecule has 0 saturated carbocycles. The van der Waals surface area contributed by atoms with Gasteiger partial charge in [0, 0.05) is 19.3 Å². The van der Waals surface area contributed by atoms with Gasteiger partial charge in [0.2, 0.25) is 0 Å². The molecule has 3 rings (SSSR count). The number of nitriles is 1. The maximum absolute atomic E-state index is 14.4. The number of carbonyl (C=O) groups excluding carboxylic acids is 1. The number of rotatable bonds is 3. The third-order valence-electron chi connectivity index (χ3n) is 4.62. The molecule has 0 radical (unpaired) electrons. The van der Waals surface area contributed by atoms with Gasteiger partial charge in [-0.1, -0.05) is 0 Å². The minimum atomic E-state index is -4.75. The molecule has 2 heterocycles. The van der Waals surface area contributed by atoms with E-state index in [-0.39, 0.29) is 28.9 Å². The van der Waals surface area contributed by atoms with Crippen molar-refractivity contribution in [2.45, 2.75) is 19.1 Å². The average Bonchev–Trinajstić information content (AvgIpc) is 3.00. The Labute approximate surface area is 174 Å². The predicted molar refractivity (Wildman–Crippen MR) is 106 cm³/mol. The normalized spacial score (nSPS) is 16.6. The number of aromatic nitrogens is 1. The van der Waals surface area contributed by atoms with E-state index in [1.807, 2.05) is 0 Å². The first-order valence-electron chi connectivity index (χ1n) is 8.68. The minimum absolute atomic E-state index is 0.0723. The molecular weight excluding hydrogens is 422 g/mol. The topological polar surface area (TPSA) is 72.3 Å². The molecule has 1 amide bonds. The summed E-state index contributed by atoms with van der Waals surface area (Å²) in [5.41, 5.74) is -1.59. The Morgan fingerprint density at radius 2 is 2.03 bits per heavy atom. The summed E-state index contributed by atoms with van der Waals surface area (Å²) in [6, 6.07) is 5.93. The largest absolute Gasteiger partial charge is 0.419 e. The van der Waals surface area contributed by atoms with Crippen LogP contribution in [0.4, 0.5) is 28.9 Å². The standard InChI is InChI=1S/C19H15F4N5OS/c1-10-9-27(12-5-14(19(21,22)23)16(7-24)26-8-12)18(30)28(10)11-3-4-13(15(20)6-11)17(29)25-2/h3-6,8,10H,9H2,1-2H3,(H,25,29). The number of pyridine rings is 1. The van der Waals surface area contributed by atoms with Crippen molar-refractivity contribution in [2.24, 2.45) is 0 Å². The smallest absolute Gasteiger partial charge is 0.355 e. The van der Waals surface area contributed by atoms with Crippen molar-refractivity contribution in [2.75, 3.05) is 23.4 Å². The molecule has 30 heavy (non-hydrogen) atoms. The van der Waals surface area contributed by atoms with Gasteiger partial charge in [0.05, 0.1) is 29.1 Å². The maximum atomic E-state index is 14.4. The Bertz CT molecular complexity index is 1070. The molecule has 6 nitrogen and oxygen atoms in total. The van der Waals surface area contributed by atoms with Crippen molar-refractivity contribution in [1.82, 2.24) is 10.3 Å². The van der Waals surface area contributed by atoms with Gasteiger partial charge in [0.1, 0.15) is 11.9 Å². The second kappa shape index (κ2) is 7.87. The van der Waals surface area contributed by atoms with Crippen LogP contribution in [0.1, 0.15) is 28.5 Å². The van der Waals surface area contributed by atoms with Crippen LogP contribution >= 0.6 is 12.2 Å². The average molecular weight is 437 g/mol. The third-order valence-corrected chi connectivity index (χ3v) is 5.04. The van der Waals surface area contributed by atoms with Crippen molar-refractivity contribution in [3.05, 3.63) is 53.1 Å². The lowest BCUT2D eigenvalue weighted by atomic mass is 10.1. The fraction of sp³-hybridized carbons (Fsp3) is 0.263. The lowest BCUT2D eigenvalue weighted by Gasteiger charge is -2.24. The van der Waals surface area contributed by atoms with Crippen molar-refractivity contribution in [1.29, 1.82) is 5.26 Å². The fourth-order valence-electron chi connectivity index (χ4n) is 3.20. The van der Waals surface area contributed by atoms with E-state index in [2.05, 4.69) is 10.3 Å². The molecule has 1 fully saturated rings. The van der Waals surface area contributed by atoms with Crippen LogP contribution in [0, 0.1) is 17.1 Å². The molecule has 1 N–H and O–H groups in total. The zero-order valence-corrected chi connectivity index (χ0v) is 16.6. The molecule has 156 valence electrons. The molecule has 1 unspecified atom stereocenters. The summed E-state index contributed by atoms with van der Waals surface area (Å²) >= 11 is 5.43. The molecule has 1 aliphatic rings. The summed E-state index contributed by atoms with van der Waals surface area (Å²) in [5.74, 6) is -1.33. The van der Waals surface area contributed by atoms with Gasteiger partial charge in [-0.2, -0.15) is 18.4 Å². The van der Waals surface area contributed by atoms with E-state index < -0.39 is 29.2 Å². The van der Waals surface area contributed by atoms with Crippen LogP contribution in [0.25, 0.3) is 0 Å². The van der Waals surface area contributed by atoms with Gasteiger partial charge in [-0.25, -0.2) is 9.37 Å². The van der Waals surface area contributed by atoms with E-state index in [9.17, 15) is 22.4 Å². The first-order valence-corrected chi connectivity index (χ1v) is 9.09. The Morgan fingerprint density at radius 3 is 2.60 bits per heavy atom. The molecule has 1 aliphatic heterocycles. The Hall–Kier alpha value is -3.26. The molecule has 0 bridgehead atoms. The molecule has 0 spiro atoms. The second-order valence-corrected chi connectivity index (χ2v) is 6.92. The number of alkyl halides is 3. The second-order valence-electron chi connectivity index (χ2n) is 6.55. The monoisotopic (exact) mass is 437 g/mol. The summed E-state index contributed by atoms with van der Waals surface area (Å²) in [6.07, 6.45) is -3.61. The van der Waals surface area contributed by atoms with Gasteiger partial charge in [-0.15, -0.1) is 0 Å². The summed E-state index contributed by atoms with van der Waals surface area (Å²) in [7, 11) is 1.38. The number of nitrogens with one attached hydrogen (secondary N) is 1. The maximum Gasteiger partial charge on any atom is 0.419 e. The molecule has 1 saturated heterocycles. The van der Waals surface area contributed by atoms with Gasteiger partial charge < -0.3 is 15.1 Å². The van der Waals surface area contributed by atoms with Gasteiger partial charge in [0.25, 0.3) is 5.91 Å². The highest BCUT2D eigenvalue weighted by atomic mass is 32.1. The van der Waals surface area contributed by atoms with Crippen molar-refractivity contribution in [3.63, 3.8) is 0 Å². The molecular formula is C19H15F4N5OS. The molecule has 2 aromatic rings. The molecule has 1 aromatic carbocycles. The van der Waals surface area contributed by atoms with Crippen LogP contribution in [-0.4, -0.2) is 35.6 Å². The van der Waals surface area contributed by atoms with Gasteiger partial charge in [-0.3, -0.25) is 4.79 Å². The predicted octanol–water partition coefficient (Wildman–Crippen LogP) is 3.47. The van der Waals surface area contributed by atoms with Crippen molar-refractivity contribution >= 4 is 34.6 Å². The lowest BCUT2D eigenvalue weighted by Crippen LogP contribution is -2.34. The van der Waals surface area contributed by atoms with Crippen molar-refractivity contribution in [3.8, 4) is 6.07 Å². The molecule has 11 heteroatoms. The highest BCUT2D eigenvalue weighted by Gasteiger charge is 2.38. The number of nitrogens with zero attached hydrogens (tertiary/aromatic N) is 4. The lowest BCUT2D eigenvalue weighted by molar-refractivity contribution is -0.138. The zero-order valence-electron chi connectivity index (χ0n) is 15.8. The Balaban J connectivity index is 1.96. The molecule has 1 aromatic heterocycles. The van der Waals surface area contributed by atoms with E-state index >= 15 is 0 Å². The van der Waals surface area contributed by atoms with Crippen LogP contribution < -0.4 is 15.1 Å². The van der Waals surface area contributed by atoms with E-state index in [1.165, 1.54) is 30.1 Å². The first-order chi connectivity index (χ1) is 14.1. The van der Waals surface area contributed by atoms with Crippen LogP contribution in [-0.2, 0) is 6.18 Å². The number of thiocarbonyl (C=S) groups is 1. The summed E-state index contributed by atoms with van der Waals surface area (Å²) < 4.78 is 54.2. The summed E-state index contributed by atoms with van der Waals surface area (Å²) in [6.45, 7) is 2.00. The summed E-state index contributed by atoms with van der Waals surface area (Å²) in [4.78, 5) is 18.3. The molecule has 1 atom stereocenters. The van der Waals surface area contributed by atoms with Crippen LogP contribution in [0.5, 0.6) is 0 Å². The number of benzene rings is 1. The highest BCUT2D eigenvalue weighted by Crippen LogP contribution is 2.35. The number of hydrogen-bond donors (Lipinski definition) is 1. The van der Waals surface area contributed by atoms with Gasteiger partial charge >= 0.3 is 6.18 Å². The fourth-order valence-corrected chi connectivity index (χ4v) is 3.67. The van der Waals surface area contributed by atoms with Crippen LogP contribution in [0.3, 0.4) is 0 Å². The van der Waals surface area contributed by atoms with E-state index in [1.54, 1.807) is 11.8 Å². The highest BCUT2D eigenvalue weighted by molar-refractivity contribution is 7.80. The van der Waals surface area contributed by atoms with Crippen LogP contribution in [0.15, 0.2) is 30.5 Å². The first kappa shape index (κ1) is 21.4. The SMILES string of the molecule is CNC(=O)c1ccc(N2C(=S)N(c3cnc(C#N)c(C(F)(F)F)c3)CC2C)cc1F. The van der Waals surface area contributed by atoms with E-state index in [0.717, 1.165) is 18.3 Å². The number of halogens is 4. The third kappa shape index (κ3) is 3.78. The zero-order chi connectivity index (χ0) is 22.2.